The minimum absolute atomic E-state index is 0.0253. The number of carbonyl (C=O) groups excluding carboxylic acids is 2. The number of hydrogen-bond acceptors (Lipinski definition) is 3. The van der Waals surface area contributed by atoms with Crippen molar-refractivity contribution in [1.82, 2.24) is 20.1 Å². The SMILES string of the molecule is O=C(Nc1ccccn1)N1CCC[C@@H](N(C(=O)NCc2ccc3ccccc3c2)C2CC2)C1. The monoisotopic (exact) mass is 443 g/mol. The van der Waals surface area contributed by atoms with Crippen molar-refractivity contribution in [3.05, 3.63) is 72.4 Å². The minimum atomic E-state index is -0.161. The molecule has 2 heterocycles. The molecule has 2 aliphatic rings. The lowest BCUT2D eigenvalue weighted by atomic mass is 10.0. The van der Waals surface area contributed by atoms with Gasteiger partial charge in [-0.3, -0.25) is 5.32 Å². The minimum Gasteiger partial charge on any atom is -0.334 e. The van der Waals surface area contributed by atoms with E-state index in [4.69, 9.17) is 0 Å². The first-order valence-electron chi connectivity index (χ1n) is 11.7. The van der Waals surface area contributed by atoms with E-state index in [9.17, 15) is 9.59 Å². The van der Waals surface area contributed by atoms with Crippen molar-refractivity contribution in [3.63, 3.8) is 0 Å². The molecule has 1 atom stereocenters. The van der Waals surface area contributed by atoms with Crippen molar-refractivity contribution < 1.29 is 9.59 Å². The second-order valence-electron chi connectivity index (χ2n) is 8.87. The van der Waals surface area contributed by atoms with E-state index in [1.165, 1.54) is 10.8 Å². The molecule has 2 aromatic carbocycles. The lowest BCUT2D eigenvalue weighted by Crippen LogP contribution is -2.55. The molecule has 0 unspecified atom stereocenters. The number of pyridine rings is 1. The summed E-state index contributed by atoms with van der Waals surface area (Å²) < 4.78 is 0. The van der Waals surface area contributed by atoms with E-state index in [0.717, 1.165) is 31.2 Å². The molecular formula is C26H29N5O2. The van der Waals surface area contributed by atoms with E-state index >= 15 is 0 Å². The fourth-order valence-corrected chi connectivity index (χ4v) is 4.59. The summed E-state index contributed by atoms with van der Waals surface area (Å²) in [6.07, 6.45) is 5.50. The third-order valence-corrected chi connectivity index (χ3v) is 6.41. The van der Waals surface area contributed by atoms with Crippen LogP contribution in [-0.2, 0) is 6.54 Å². The van der Waals surface area contributed by atoms with Gasteiger partial charge < -0.3 is 15.1 Å². The van der Waals surface area contributed by atoms with Crippen LogP contribution < -0.4 is 10.6 Å². The number of carbonyl (C=O) groups is 2. The lowest BCUT2D eigenvalue weighted by molar-refractivity contribution is 0.119. The smallest absolute Gasteiger partial charge is 0.323 e. The average Bonchev–Trinajstić information content (AvgIpc) is 3.69. The summed E-state index contributed by atoms with van der Waals surface area (Å²) >= 11 is 0. The van der Waals surface area contributed by atoms with Crippen LogP contribution in [0.3, 0.4) is 0 Å². The van der Waals surface area contributed by atoms with Gasteiger partial charge in [0.2, 0.25) is 0 Å². The summed E-state index contributed by atoms with van der Waals surface area (Å²) in [5.41, 5.74) is 1.08. The first-order valence-corrected chi connectivity index (χ1v) is 11.7. The molecule has 7 heteroatoms. The lowest BCUT2D eigenvalue weighted by Gasteiger charge is -2.39. The third-order valence-electron chi connectivity index (χ3n) is 6.41. The van der Waals surface area contributed by atoms with Gasteiger partial charge in [0.15, 0.2) is 0 Å². The summed E-state index contributed by atoms with van der Waals surface area (Å²) in [7, 11) is 0. The highest BCUT2D eigenvalue weighted by atomic mass is 16.2. The van der Waals surface area contributed by atoms with Crippen molar-refractivity contribution in [2.24, 2.45) is 0 Å². The number of rotatable bonds is 5. The zero-order valence-electron chi connectivity index (χ0n) is 18.6. The van der Waals surface area contributed by atoms with Gasteiger partial charge >= 0.3 is 12.1 Å². The van der Waals surface area contributed by atoms with Gasteiger partial charge in [0.25, 0.3) is 0 Å². The molecule has 1 aromatic heterocycles. The number of fused-ring (bicyclic) bond motifs is 1. The maximum absolute atomic E-state index is 13.2. The van der Waals surface area contributed by atoms with Gasteiger partial charge in [-0.25, -0.2) is 14.6 Å². The zero-order chi connectivity index (χ0) is 22.6. The van der Waals surface area contributed by atoms with Crippen LogP contribution in [-0.4, -0.2) is 52.0 Å². The Labute approximate surface area is 193 Å². The number of urea groups is 2. The molecule has 170 valence electrons. The molecule has 3 aromatic rings. The van der Waals surface area contributed by atoms with E-state index < -0.39 is 0 Å². The maximum Gasteiger partial charge on any atom is 0.323 e. The normalized spacial score (nSPS) is 18.1. The van der Waals surface area contributed by atoms with Gasteiger partial charge in [0.1, 0.15) is 5.82 Å². The van der Waals surface area contributed by atoms with Gasteiger partial charge in [-0.05, 0) is 60.2 Å². The maximum atomic E-state index is 13.2. The van der Waals surface area contributed by atoms with Gasteiger partial charge in [-0.1, -0.05) is 42.5 Å². The molecule has 1 saturated heterocycles. The summed E-state index contributed by atoms with van der Waals surface area (Å²) in [6, 6.07) is 20.0. The Kier molecular flexibility index (Phi) is 6.11. The van der Waals surface area contributed by atoms with Crippen molar-refractivity contribution >= 4 is 28.7 Å². The van der Waals surface area contributed by atoms with Crippen LogP contribution >= 0.6 is 0 Å². The molecule has 0 bridgehead atoms. The standard InChI is InChI=1S/C26H29N5O2/c32-25(28-17-19-10-11-20-6-1-2-7-21(20)16-19)31(22-12-13-22)23-8-5-15-30(18-23)26(33)29-24-9-3-4-14-27-24/h1-4,6-7,9-11,14,16,22-23H,5,8,12-13,15,17-18H2,(H,28,32)(H,27,29,33)/t23-/m1/s1. The number of piperidine rings is 1. The number of likely N-dealkylation sites (tertiary alicyclic amines) is 1. The Bertz CT molecular complexity index is 1130. The third kappa shape index (κ3) is 5.08. The predicted molar refractivity (Wildman–Crippen MR) is 129 cm³/mol. The number of nitrogens with one attached hydrogen (secondary N) is 2. The largest absolute Gasteiger partial charge is 0.334 e. The molecule has 1 aliphatic heterocycles. The quantitative estimate of drug-likeness (QED) is 0.605. The highest BCUT2D eigenvalue weighted by Crippen LogP contribution is 2.31. The van der Waals surface area contributed by atoms with E-state index in [-0.39, 0.29) is 24.1 Å². The zero-order valence-corrected chi connectivity index (χ0v) is 18.6. The number of aromatic nitrogens is 1. The molecule has 33 heavy (non-hydrogen) atoms. The summed E-state index contributed by atoms with van der Waals surface area (Å²) in [5.74, 6) is 0.539. The van der Waals surface area contributed by atoms with E-state index in [1.54, 1.807) is 17.2 Å². The number of amides is 4. The van der Waals surface area contributed by atoms with Crippen LogP contribution in [0.15, 0.2) is 66.9 Å². The Morgan fingerprint density at radius 2 is 1.79 bits per heavy atom. The summed E-state index contributed by atoms with van der Waals surface area (Å²) in [4.78, 5) is 33.9. The summed E-state index contributed by atoms with van der Waals surface area (Å²) in [6.45, 7) is 1.72. The number of anilines is 1. The second kappa shape index (κ2) is 9.48. The Morgan fingerprint density at radius 3 is 2.58 bits per heavy atom. The van der Waals surface area contributed by atoms with Gasteiger partial charge in [-0.2, -0.15) is 0 Å². The molecule has 1 aliphatic carbocycles. The van der Waals surface area contributed by atoms with Crippen LogP contribution in [0.2, 0.25) is 0 Å². The average molecular weight is 444 g/mol. The number of hydrogen-bond donors (Lipinski definition) is 2. The van der Waals surface area contributed by atoms with Crippen molar-refractivity contribution in [2.75, 3.05) is 18.4 Å². The van der Waals surface area contributed by atoms with Gasteiger partial charge in [0, 0.05) is 31.9 Å². The highest BCUT2D eigenvalue weighted by Gasteiger charge is 2.39. The fourth-order valence-electron chi connectivity index (χ4n) is 4.59. The molecule has 0 radical (unpaired) electrons. The highest BCUT2D eigenvalue weighted by molar-refractivity contribution is 5.88. The van der Waals surface area contributed by atoms with Crippen LogP contribution in [0.25, 0.3) is 10.8 Å². The topological polar surface area (TPSA) is 77.6 Å². The van der Waals surface area contributed by atoms with Crippen molar-refractivity contribution in [3.8, 4) is 0 Å². The van der Waals surface area contributed by atoms with E-state index in [2.05, 4.69) is 45.9 Å². The van der Waals surface area contributed by atoms with Crippen LogP contribution in [0, 0.1) is 0 Å². The second-order valence-corrected chi connectivity index (χ2v) is 8.87. The predicted octanol–water partition coefficient (Wildman–Crippen LogP) is 4.61. The molecule has 1 saturated carbocycles. The van der Waals surface area contributed by atoms with Crippen LogP contribution in [0.5, 0.6) is 0 Å². The molecule has 2 fully saturated rings. The molecular weight excluding hydrogens is 414 g/mol. The van der Waals surface area contributed by atoms with Crippen molar-refractivity contribution in [2.45, 2.75) is 44.3 Å². The van der Waals surface area contributed by atoms with Crippen LogP contribution in [0.1, 0.15) is 31.2 Å². The Balaban J connectivity index is 1.22. The fraction of sp³-hybridized carbons (Fsp3) is 0.346. The van der Waals surface area contributed by atoms with Crippen LogP contribution in [0.4, 0.5) is 15.4 Å². The first-order chi connectivity index (χ1) is 16.2. The molecule has 5 rings (SSSR count). The van der Waals surface area contributed by atoms with E-state index in [1.807, 2.05) is 29.2 Å². The Hall–Kier alpha value is -3.61. The Morgan fingerprint density at radius 1 is 0.970 bits per heavy atom. The van der Waals surface area contributed by atoms with E-state index in [0.29, 0.717) is 25.5 Å². The van der Waals surface area contributed by atoms with Crippen molar-refractivity contribution in [1.29, 1.82) is 0 Å². The molecule has 7 nitrogen and oxygen atoms in total. The molecule has 0 spiro atoms. The molecule has 2 N–H and O–H groups in total. The van der Waals surface area contributed by atoms with Gasteiger partial charge in [0.05, 0.1) is 6.04 Å². The first kappa shape index (κ1) is 21.2. The summed E-state index contributed by atoms with van der Waals surface area (Å²) in [5, 5.41) is 8.35. The number of benzene rings is 2. The van der Waals surface area contributed by atoms with Gasteiger partial charge in [-0.15, -0.1) is 0 Å². The molecule has 4 amide bonds. The number of nitrogens with zero attached hydrogens (tertiary/aromatic N) is 3.